The van der Waals surface area contributed by atoms with E-state index >= 15 is 0 Å². The lowest BCUT2D eigenvalue weighted by Gasteiger charge is -2.02. The maximum absolute atomic E-state index is 11.5. The van der Waals surface area contributed by atoms with Crippen LogP contribution in [0.4, 0.5) is 0 Å². The van der Waals surface area contributed by atoms with Crippen LogP contribution >= 0.6 is 0 Å². The molecule has 96 valence electrons. The van der Waals surface area contributed by atoms with E-state index in [-0.39, 0.29) is 5.78 Å². The molecule has 0 radical (unpaired) electrons. The average Bonchev–Trinajstić information content (AvgIpc) is 2.85. The molecule has 0 unspecified atom stereocenters. The van der Waals surface area contributed by atoms with Crippen molar-refractivity contribution in [2.75, 3.05) is 0 Å². The van der Waals surface area contributed by atoms with Crippen LogP contribution in [0.15, 0.2) is 46.9 Å². The number of hydrogen-bond donors (Lipinski definition) is 1. The molecule has 4 nitrogen and oxygen atoms in total. The van der Waals surface area contributed by atoms with Crippen LogP contribution in [0.3, 0.4) is 0 Å². The predicted molar refractivity (Wildman–Crippen MR) is 72.4 cm³/mol. The number of nitrogens with two attached hydrogens (primary N) is 1. The summed E-state index contributed by atoms with van der Waals surface area (Å²) in [6.45, 7) is 1.51. The van der Waals surface area contributed by atoms with Crippen molar-refractivity contribution in [3.05, 3.63) is 53.8 Å². The van der Waals surface area contributed by atoms with Crippen molar-refractivity contribution in [1.82, 2.24) is 0 Å². The van der Waals surface area contributed by atoms with Crippen LogP contribution in [0.1, 0.15) is 23.0 Å². The van der Waals surface area contributed by atoms with Crippen LogP contribution < -0.4 is 5.73 Å². The third-order valence-electron chi connectivity index (χ3n) is 2.61. The molecule has 0 saturated carbocycles. The molecule has 2 aromatic rings. The Morgan fingerprint density at radius 1 is 1.16 bits per heavy atom. The minimum atomic E-state index is -0.540. The van der Waals surface area contributed by atoms with Gasteiger partial charge in [0.15, 0.2) is 5.78 Å². The first-order valence-electron chi connectivity index (χ1n) is 5.75. The zero-order chi connectivity index (χ0) is 13.8. The number of hydrogen-bond acceptors (Lipinski definition) is 3. The number of rotatable bonds is 4. The monoisotopic (exact) mass is 255 g/mol. The van der Waals surface area contributed by atoms with E-state index in [1.807, 2.05) is 12.1 Å². The van der Waals surface area contributed by atoms with E-state index < -0.39 is 5.91 Å². The summed E-state index contributed by atoms with van der Waals surface area (Å²) in [5.74, 6) is 0.519. The average molecular weight is 255 g/mol. The van der Waals surface area contributed by atoms with Crippen molar-refractivity contribution in [3.8, 4) is 11.3 Å². The smallest absolute Gasteiger partial charge is 0.241 e. The number of Topliss-reactive ketones (excluding diaryl/α,β-unsaturated/α-hetero) is 1. The molecule has 0 spiro atoms. The predicted octanol–water partition coefficient (Wildman–Crippen LogP) is 2.65. The van der Waals surface area contributed by atoms with Gasteiger partial charge < -0.3 is 10.2 Å². The number of amides is 1. The Hall–Kier alpha value is -2.62. The van der Waals surface area contributed by atoms with Crippen LogP contribution in [0.5, 0.6) is 0 Å². The van der Waals surface area contributed by atoms with Gasteiger partial charge in [0.05, 0.1) is 0 Å². The number of primary amides is 1. The molecule has 19 heavy (non-hydrogen) atoms. The van der Waals surface area contributed by atoms with E-state index in [0.29, 0.717) is 17.1 Å². The highest BCUT2D eigenvalue weighted by Gasteiger charge is 2.11. The van der Waals surface area contributed by atoms with Gasteiger partial charge in [-0.05, 0) is 25.1 Å². The highest BCUT2D eigenvalue weighted by molar-refractivity contribution is 6.00. The van der Waals surface area contributed by atoms with Gasteiger partial charge in [0.1, 0.15) is 11.5 Å². The summed E-state index contributed by atoms with van der Waals surface area (Å²) in [5.41, 5.74) is 6.34. The topological polar surface area (TPSA) is 73.3 Å². The third kappa shape index (κ3) is 2.98. The fraction of sp³-hybridized carbons (Fsp3) is 0.0667. The molecule has 1 heterocycles. The van der Waals surface area contributed by atoms with Gasteiger partial charge in [0.2, 0.25) is 5.91 Å². The van der Waals surface area contributed by atoms with E-state index in [2.05, 4.69) is 0 Å². The summed E-state index contributed by atoms with van der Waals surface area (Å²) in [6, 6.07) is 10.7. The van der Waals surface area contributed by atoms with E-state index in [0.717, 1.165) is 5.56 Å². The summed E-state index contributed by atoms with van der Waals surface area (Å²) in [5, 5.41) is 0. The molecule has 0 atom stereocenters. The normalized spacial score (nSPS) is 10.8. The van der Waals surface area contributed by atoms with Crippen LogP contribution in [0.2, 0.25) is 0 Å². The highest BCUT2D eigenvalue weighted by Crippen LogP contribution is 2.26. The summed E-state index contributed by atoms with van der Waals surface area (Å²) >= 11 is 0. The molecular formula is C15H13NO3. The molecule has 0 aliphatic carbocycles. The molecule has 0 aliphatic rings. The first-order chi connectivity index (χ1) is 9.08. The molecule has 4 heteroatoms. The number of ketones is 1. The summed E-state index contributed by atoms with van der Waals surface area (Å²) in [6.07, 6.45) is 2.71. The van der Waals surface area contributed by atoms with Gasteiger partial charge in [-0.15, -0.1) is 0 Å². The van der Waals surface area contributed by atoms with Crippen LogP contribution in [-0.2, 0) is 4.79 Å². The summed E-state index contributed by atoms with van der Waals surface area (Å²) in [7, 11) is 0. The molecule has 1 aromatic carbocycles. The number of benzene rings is 1. The maximum Gasteiger partial charge on any atom is 0.241 e. The Bertz CT molecular complexity index is 653. The van der Waals surface area contributed by atoms with Gasteiger partial charge in [0, 0.05) is 17.2 Å². The molecule has 0 aliphatic heterocycles. The van der Waals surface area contributed by atoms with Gasteiger partial charge in [0.25, 0.3) is 0 Å². The van der Waals surface area contributed by atoms with E-state index in [4.69, 9.17) is 10.2 Å². The second-order valence-electron chi connectivity index (χ2n) is 4.04. The van der Waals surface area contributed by atoms with Gasteiger partial charge in [-0.25, -0.2) is 0 Å². The molecule has 2 N–H and O–H groups in total. The third-order valence-corrected chi connectivity index (χ3v) is 2.61. The van der Waals surface area contributed by atoms with Crippen LogP contribution in [0, 0.1) is 0 Å². The zero-order valence-corrected chi connectivity index (χ0v) is 10.4. The van der Waals surface area contributed by atoms with E-state index in [1.165, 1.54) is 19.1 Å². The quantitative estimate of drug-likeness (QED) is 0.674. The summed E-state index contributed by atoms with van der Waals surface area (Å²) in [4.78, 5) is 22.2. The SMILES string of the molecule is CC(=O)c1ccccc1-c1ccc(/C=C\C(N)=O)o1. The minimum Gasteiger partial charge on any atom is -0.457 e. The lowest BCUT2D eigenvalue weighted by Crippen LogP contribution is -2.04. The molecule has 0 saturated heterocycles. The number of carbonyl (C=O) groups is 2. The maximum atomic E-state index is 11.5. The van der Waals surface area contributed by atoms with Crippen molar-refractivity contribution in [3.63, 3.8) is 0 Å². The molecule has 1 aromatic heterocycles. The van der Waals surface area contributed by atoms with Crippen LogP contribution in [-0.4, -0.2) is 11.7 Å². The van der Waals surface area contributed by atoms with Crippen molar-refractivity contribution in [2.45, 2.75) is 6.92 Å². The Balaban J connectivity index is 2.38. The molecular weight excluding hydrogens is 242 g/mol. The fourth-order valence-corrected chi connectivity index (χ4v) is 1.76. The van der Waals surface area contributed by atoms with Crippen LogP contribution in [0.25, 0.3) is 17.4 Å². The standard InChI is InChI=1S/C15H13NO3/c1-10(17)12-4-2-3-5-13(12)14-8-6-11(19-14)7-9-15(16)18/h2-9H,1H3,(H2,16,18)/b9-7-. The van der Waals surface area contributed by atoms with Crippen molar-refractivity contribution < 1.29 is 14.0 Å². The first kappa shape index (κ1) is 12.8. The molecule has 0 fully saturated rings. The molecule has 0 bridgehead atoms. The second-order valence-corrected chi connectivity index (χ2v) is 4.04. The molecule has 1 amide bonds. The Morgan fingerprint density at radius 2 is 1.89 bits per heavy atom. The highest BCUT2D eigenvalue weighted by atomic mass is 16.3. The Morgan fingerprint density at radius 3 is 2.58 bits per heavy atom. The second kappa shape index (κ2) is 5.35. The van der Waals surface area contributed by atoms with Gasteiger partial charge in [-0.2, -0.15) is 0 Å². The fourth-order valence-electron chi connectivity index (χ4n) is 1.76. The number of furan rings is 1. The summed E-state index contributed by atoms with van der Waals surface area (Å²) < 4.78 is 5.56. The van der Waals surface area contributed by atoms with Gasteiger partial charge >= 0.3 is 0 Å². The Labute approximate surface area is 110 Å². The molecule has 2 rings (SSSR count). The van der Waals surface area contributed by atoms with E-state index in [9.17, 15) is 9.59 Å². The first-order valence-corrected chi connectivity index (χ1v) is 5.75. The minimum absolute atomic E-state index is 0.0266. The van der Waals surface area contributed by atoms with Crippen molar-refractivity contribution >= 4 is 17.8 Å². The van der Waals surface area contributed by atoms with Crippen molar-refractivity contribution in [1.29, 1.82) is 0 Å². The van der Waals surface area contributed by atoms with Gasteiger partial charge in [-0.1, -0.05) is 24.3 Å². The lowest BCUT2D eigenvalue weighted by molar-refractivity contribution is -0.113. The van der Waals surface area contributed by atoms with Crippen molar-refractivity contribution in [2.24, 2.45) is 5.73 Å². The Kier molecular flexibility index (Phi) is 3.61. The lowest BCUT2D eigenvalue weighted by atomic mass is 10.0. The largest absolute Gasteiger partial charge is 0.457 e. The zero-order valence-electron chi connectivity index (χ0n) is 10.4. The van der Waals surface area contributed by atoms with Gasteiger partial charge in [-0.3, -0.25) is 9.59 Å². The van der Waals surface area contributed by atoms with E-state index in [1.54, 1.807) is 24.3 Å². The number of carbonyl (C=O) groups excluding carboxylic acids is 2.